The van der Waals surface area contributed by atoms with Gasteiger partial charge in [0, 0.05) is 42.3 Å². The molecule has 0 aliphatic carbocycles. The number of hydrogen-bond donors (Lipinski definition) is 2. The second-order valence-electron chi connectivity index (χ2n) is 6.07. The lowest BCUT2D eigenvalue weighted by molar-refractivity contribution is 0.796. The molecule has 0 saturated carbocycles. The van der Waals surface area contributed by atoms with Crippen molar-refractivity contribution in [2.24, 2.45) is 4.99 Å². The average Bonchev–Trinajstić information content (AvgIpc) is 3.36. The van der Waals surface area contributed by atoms with E-state index in [2.05, 4.69) is 39.6 Å². The van der Waals surface area contributed by atoms with Crippen LogP contribution in [-0.4, -0.2) is 33.8 Å². The molecule has 150 valence electrons. The van der Waals surface area contributed by atoms with Crippen molar-refractivity contribution in [1.82, 2.24) is 25.4 Å². The van der Waals surface area contributed by atoms with Gasteiger partial charge in [-0.1, -0.05) is 25.1 Å². The molecule has 0 unspecified atom stereocenters. The molecule has 3 rings (SSSR count). The zero-order chi connectivity index (χ0) is 18.9. The summed E-state index contributed by atoms with van der Waals surface area (Å²) in [5.41, 5.74) is 2.12. The van der Waals surface area contributed by atoms with Gasteiger partial charge in [0.05, 0.1) is 23.4 Å². The predicted octanol–water partition coefficient (Wildman–Crippen LogP) is 3.81. The number of hydrogen-bond acceptors (Lipinski definition) is 4. The molecule has 8 heteroatoms. The lowest BCUT2D eigenvalue weighted by Crippen LogP contribution is -2.38. The van der Waals surface area contributed by atoms with Crippen LogP contribution in [0, 0.1) is 0 Å². The molecule has 0 spiro atoms. The minimum Gasteiger partial charge on any atom is -0.357 e. The molecule has 2 aromatic heterocycles. The highest BCUT2D eigenvalue weighted by atomic mass is 127. The van der Waals surface area contributed by atoms with Crippen molar-refractivity contribution in [2.75, 3.05) is 13.1 Å². The van der Waals surface area contributed by atoms with Crippen LogP contribution in [0.2, 0.25) is 0 Å². The molecule has 0 radical (unpaired) electrons. The molecule has 0 saturated heterocycles. The maximum atomic E-state index is 4.67. The number of benzene rings is 1. The van der Waals surface area contributed by atoms with Crippen LogP contribution >= 0.6 is 35.3 Å². The molecule has 2 heterocycles. The summed E-state index contributed by atoms with van der Waals surface area (Å²) in [7, 11) is 0. The van der Waals surface area contributed by atoms with Crippen molar-refractivity contribution in [3.63, 3.8) is 0 Å². The lowest BCUT2D eigenvalue weighted by atomic mass is 10.3. The Labute approximate surface area is 187 Å². The first-order valence-corrected chi connectivity index (χ1v) is 10.1. The van der Waals surface area contributed by atoms with Crippen LogP contribution in [0.1, 0.15) is 29.3 Å². The van der Waals surface area contributed by atoms with Crippen LogP contribution in [0.15, 0.2) is 53.9 Å². The molecular weight excluding hydrogens is 483 g/mol. The fourth-order valence-electron chi connectivity index (χ4n) is 2.59. The van der Waals surface area contributed by atoms with E-state index in [-0.39, 0.29) is 24.0 Å². The first kappa shape index (κ1) is 22.4. The molecule has 0 atom stereocenters. The van der Waals surface area contributed by atoms with Gasteiger partial charge in [0.25, 0.3) is 0 Å². The maximum Gasteiger partial charge on any atom is 0.191 e. The van der Waals surface area contributed by atoms with Gasteiger partial charge in [0.15, 0.2) is 5.96 Å². The molecule has 0 fully saturated rings. The lowest BCUT2D eigenvalue weighted by Gasteiger charge is -2.10. The maximum absolute atomic E-state index is 4.67. The number of aryl methyl sites for hydroxylation is 1. The summed E-state index contributed by atoms with van der Waals surface area (Å²) in [6, 6.07) is 10.1. The Morgan fingerprint density at radius 3 is 2.68 bits per heavy atom. The molecular formula is C20H27IN6S. The molecule has 28 heavy (non-hydrogen) atoms. The molecule has 0 amide bonds. The fourth-order valence-corrected chi connectivity index (χ4v) is 3.45. The Hall–Kier alpha value is -1.94. The van der Waals surface area contributed by atoms with E-state index in [1.807, 2.05) is 53.6 Å². The topological polar surface area (TPSA) is 67.1 Å². The summed E-state index contributed by atoms with van der Waals surface area (Å²) >= 11 is 1.79. The van der Waals surface area contributed by atoms with E-state index < -0.39 is 0 Å². The largest absolute Gasteiger partial charge is 0.357 e. The van der Waals surface area contributed by atoms with Crippen molar-refractivity contribution >= 4 is 41.3 Å². The third kappa shape index (κ3) is 6.59. The molecule has 6 nitrogen and oxygen atoms in total. The first-order chi connectivity index (χ1) is 13.3. The molecule has 2 N–H and O–H groups in total. The molecule has 1 aromatic carbocycles. The summed E-state index contributed by atoms with van der Waals surface area (Å²) in [6.45, 7) is 6.45. The van der Waals surface area contributed by atoms with Gasteiger partial charge in [-0.05, 0) is 25.5 Å². The number of nitrogens with one attached hydrogen (secondary N) is 2. The van der Waals surface area contributed by atoms with Gasteiger partial charge >= 0.3 is 0 Å². The van der Waals surface area contributed by atoms with Crippen LogP contribution in [0.25, 0.3) is 5.69 Å². The second kappa shape index (κ2) is 11.8. The van der Waals surface area contributed by atoms with Gasteiger partial charge < -0.3 is 10.6 Å². The number of halogens is 1. The molecule has 3 aromatic rings. The van der Waals surface area contributed by atoms with Gasteiger partial charge in [0.2, 0.25) is 0 Å². The minimum atomic E-state index is 0. The Kier molecular flexibility index (Phi) is 9.42. The van der Waals surface area contributed by atoms with Gasteiger partial charge in [-0.3, -0.25) is 0 Å². The quantitative estimate of drug-likeness (QED) is 0.275. The Balaban J connectivity index is 0.00000280. The van der Waals surface area contributed by atoms with Crippen molar-refractivity contribution in [1.29, 1.82) is 0 Å². The normalized spacial score (nSPS) is 11.1. The second-order valence-corrected chi connectivity index (χ2v) is 7.27. The van der Waals surface area contributed by atoms with Crippen LogP contribution in [0.5, 0.6) is 0 Å². The highest BCUT2D eigenvalue weighted by molar-refractivity contribution is 14.0. The van der Waals surface area contributed by atoms with Gasteiger partial charge in [-0.15, -0.1) is 35.3 Å². The predicted molar refractivity (Wildman–Crippen MR) is 127 cm³/mol. The van der Waals surface area contributed by atoms with E-state index >= 15 is 0 Å². The van der Waals surface area contributed by atoms with Crippen molar-refractivity contribution in [3.05, 3.63) is 64.4 Å². The number of para-hydroxylation sites is 1. The monoisotopic (exact) mass is 510 g/mol. The zero-order valence-electron chi connectivity index (χ0n) is 16.3. The van der Waals surface area contributed by atoms with Gasteiger partial charge in [0.1, 0.15) is 0 Å². The summed E-state index contributed by atoms with van der Waals surface area (Å²) in [5.74, 6) is 0.817. The molecule has 0 aliphatic rings. The number of aromatic nitrogens is 3. The fraction of sp³-hybridized carbons (Fsp3) is 0.350. The van der Waals surface area contributed by atoms with E-state index in [0.29, 0.717) is 6.54 Å². The zero-order valence-corrected chi connectivity index (χ0v) is 19.4. The third-order valence-electron chi connectivity index (χ3n) is 4.00. The number of guanidine groups is 1. The number of nitrogens with zero attached hydrogens (tertiary/aromatic N) is 4. The van der Waals surface area contributed by atoms with Crippen LogP contribution in [0.4, 0.5) is 0 Å². The van der Waals surface area contributed by atoms with Crippen LogP contribution in [0.3, 0.4) is 0 Å². The van der Waals surface area contributed by atoms with E-state index in [1.165, 1.54) is 9.88 Å². The molecule has 0 aliphatic heterocycles. The van der Waals surface area contributed by atoms with E-state index in [0.717, 1.165) is 43.1 Å². The van der Waals surface area contributed by atoms with E-state index in [4.69, 9.17) is 0 Å². The van der Waals surface area contributed by atoms with Crippen LogP contribution < -0.4 is 10.6 Å². The van der Waals surface area contributed by atoms with Gasteiger partial charge in [-0.2, -0.15) is 5.10 Å². The average molecular weight is 510 g/mol. The summed E-state index contributed by atoms with van der Waals surface area (Å²) < 4.78 is 1.87. The molecule has 0 bridgehead atoms. The Bertz CT molecular complexity index is 858. The van der Waals surface area contributed by atoms with E-state index in [1.54, 1.807) is 11.3 Å². The Morgan fingerprint density at radius 2 is 1.96 bits per heavy atom. The summed E-state index contributed by atoms with van der Waals surface area (Å²) in [6.07, 6.45) is 7.81. The summed E-state index contributed by atoms with van der Waals surface area (Å²) in [4.78, 5) is 10.5. The smallest absolute Gasteiger partial charge is 0.191 e. The van der Waals surface area contributed by atoms with Gasteiger partial charge in [-0.25, -0.2) is 14.7 Å². The Morgan fingerprint density at radius 1 is 1.14 bits per heavy atom. The first-order valence-electron chi connectivity index (χ1n) is 9.33. The highest BCUT2D eigenvalue weighted by Gasteiger charge is 2.04. The third-order valence-corrected chi connectivity index (χ3v) is 5.20. The number of thiazole rings is 1. The SMILES string of the molecule is CCNC(=NCc1cnn(-c2ccccc2)c1)NCCc1ncc(CC)s1.I. The van der Waals surface area contributed by atoms with E-state index in [9.17, 15) is 0 Å². The standard InChI is InChI=1S/C20H26N6S.HI/c1-3-18-14-23-19(27-18)10-11-22-20(21-4-2)24-12-16-13-25-26(15-16)17-8-6-5-7-9-17;/h5-9,13-15H,3-4,10-12H2,1-2H3,(H2,21,22,24);1H. The summed E-state index contributed by atoms with van der Waals surface area (Å²) in [5, 5.41) is 12.3. The van der Waals surface area contributed by atoms with Crippen molar-refractivity contribution in [2.45, 2.75) is 33.2 Å². The number of aliphatic imine (C=N–C) groups is 1. The van der Waals surface area contributed by atoms with Crippen molar-refractivity contribution in [3.8, 4) is 5.69 Å². The van der Waals surface area contributed by atoms with Crippen molar-refractivity contribution < 1.29 is 0 Å². The highest BCUT2D eigenvalue weighted by Crippen LogP contribution is 2.13. The number of rotatable bonds is 8. The van der Waals surface area contributed by atoms with Crippen LogP contribution in [-0.2, 0) is 19.4 Å². The minimum absolute atomic E-state index is 0.